The van der Waals surface area contributed by atoms with Gasteiger partial charge in [-0.3, -0.25) is 0 Å². The Balaban J connectivity index is 2.73. The van der Waals surface area contributed by atoms with E-state index in [1.165, 1.54) is 0 Å². The first kappa shape index (κ1) is 12.0. The van der Waals surface area contributed by atoms with Gasteiger partial charge in [-0.05, 0) is 11.8 Å². The van der Waals surface area contributed by atoms with Crippen molar-refractivity contribution in [2.24, 2.45) is 5.41 Å². The zero-order valence-corrected chi connectivity index (χ0v) is 9.53. The molecule has 3 heteroatoms. The molecule has 0 radical (unpaired) electrons. The first-order valence-electron chi connectivity index (χ1n) is 5.37. The summed E-state index contributed by atoms with van der Waals surface area (Å²) in [5, 5.41) is 19.5. The lowest BCUT2D eigenvalue weighted by atomic mass is 9.81. The van der Waals surface area contributed by atoms with Gasteiger partial charge in [0.25, 0.3) is 0 Å². The molecule has 0 aliphatic carbocycles. The van der Waals surface area contributed by atoms with E-state index in [4.69, 9.17) is 4.74 Å². The molecule has 1 rings (SSSR count). The lowest BCUT2D eigenvalue weighted by Crippen LogP contribution is -2.53. The maximum Gasteiger partial charge on any atom is 0.107 e. The van der Waals surface area contributed by atoms with Crippen LogP contribution >= 0.6 is 0 Å². The van der Waals surface area contributed by atoms with E-state index in [1.807, 2.05) is 27.7 Å². The van der Waals surface area contributed by atoms with Gasteiger partial charge in [0.2, 0.25) is 0 Å². The highest BCUT2D eigenvalue weighted by Crippen LogP contribution is 2.33. The molecule has 1 aliphatic heterocycles. The Morgan fingerprint density at radius 2 is 1.86 bits per heavy atom. The maximum atomic E-state index is 9.81. The minimum Gasteiger partial charge on any atom is -0.390 e. The van der Waals surface area contributed by atoms with Crippen LogP contribution in [0.3, 0.4) is 0 Å². The second kappa shape index (κ2) is 4.17. The molecule has 0 bridgehead atoms. The predicted molar refractivity (Wildman–Crippen MR) is 55.0 cm³/mol. The number of hydrogen-bond acceptors (Lipinski definition) is 3. The number of hydrogen-bond donors (Lipinski definition) is 2. The van der Waals surface area contributed by atoms with E-state index < -0.39 is 12.2 Å². The molecule has 3 nitrogen and oxygen atoms in total. The van der Waals surface area contributed by atoms with E-state index in [0.717, 1.165) is 6.42 Å². The third-order valence-electron chi connectivity index (χ3n) is 2.86. The summed E-state index contributed by atoms with van der Waals surface area (Å²) in [7, 11) is 0. The predicted octanol–water partition coefficient (Wildman–Crippen LogP) is 1.32. The molecule has 0 spiro atoms. The summed E-state index contributed by atoms with van der Waals surface area (Å²) in [5.41, 5.74) is -0.131. The van der Waals surface area contributed by atoms with Crippen molar-refractivity contribution in [3.63, 3.8) is 0 Å². The Labute approximate surface area is 86.1 Å². The molecule has 0 aromatic rings. The maximum absolute atomic E-state index is 9.81. The third-order valence-corrected chi connectivity index (χ3v) is 2.86. The molecule has 0 aromatic carbocycles. The van der Waals surface area contributed by atoms with Crippen molar-refractivity contribution in [2.45, 2.75) is 65.0 Å². The van der Waals surface area contributed by atoms with Crippen LogP contribution in [0.1, 0.15) is 40.5 Å². The molecule has 4 unspecified atom stereocenters. The number of ether oxygens (including phenoxy) is 1. The van der Waals surface area contributed by atoms with Crippen LogP contribution in [0.15, 0.2) is 0 Å². The molecule has 0 aromatic heterocycles. The first-order chi connectivity index (χ1) is 6.36. The number of aliphatic hydroxyl groups excluding tert-OH is 2. The van der Waals surface area contributed by atoms with Crippen molar-refractivity contribution in [3.05, 3.63) is 0 Å². The molecule has 4 atom stereocenters. The zero-order chi connectivity index (χ0) is 10.9. The number of aliphatic hydroxyl groups is 2. The van der Waals surface area contributed by atoms with Gasteiger partial charge in [-0.1, -0.05) is 27.7 Å². The molecule has 0 saturated carbocycles. The van der Waals surface area contributed by atoms with Gasteiger partial charge in [0.05, 0.1) is 18.3 Å². The average Bonchev–Trinajstić information content (AvgIpc) is 2.07. The van der Waals surface area contributed by atoms with Crippen molar-refractivity contribution in [3.8, 4) is 0 Å². The van der Waals surface area contributed by atoms with E-state index in [1.54, 1.807) is 0 Å². The second-order valence-electron chi connectivity index (χ2n) is 5.25. The Hall–Kier alpha value is -0.120. The molecular formula is C11H22O3. The first-order valence-corrected chi connectivity index (χ1v) is 5.37. The van der Waals surface area contributed by atoms with Gasteiger partial charge in [-0.15, -0.1) is 0 Å². The van der Waals surface area contributed by atoms with Gasteiger partial charge in [0.1, 0.15) is 6.10 Å². The van der Waals surface area contributed by atoms with Crippen LogP contribution in [0.25, 0.3) is 0 Å². The molecule has 14 heavy (non-hydrogen) atoms. The highest BCUT2D eigenvalue weighted by Gasteiger charge is 2.42. The third kappa shape index (κ3) is 2.47. The SMILES string of the molecule is CCC1CC(O)C(O)C(C(C)(C)C)O1. The summed E-state index contributed by atoms with van der Waals surface area (Å²) in [6.45, 7) is 8.09. The normalized spacial score (nSPS) is 39.9. The molecule has 1 saturated heterocycles. The minimum atomic E-state index is -0.752. The highest BCUT2D eigenvalue weighted by atomic mass is 16.5. The quantitative estimate of drug-likeness (QED) is 0.674. The van der Waals surface area contributed by atoms with E-state index in [9.17, 15) is 10.2 Å². The average molecular weight is 202 g/mol. The Bertz CT molecular complexity index is 185. The molecule has 1 aliphatic rings. The minimum absolute atomic E-state index is 0.0811. The fourth-order valence-corrected chi connectivity index (χ4v) is 1.93. The van der Waals surface area contributed by atoms with Crippen LogP contribution in [0.5, 0.6) is 0 Å². The van der Waals surface area contributed by atoms with Gasteiger partial charge >= 0.3 is 0 Å². The van der Waals surface area contributed by atoms with Crippen LogP contribution in [0.2, 0.25) is 0 Å². The van der Waals surface area contributed by atoms with Crippen molar-refractivity contribution in [2.75, 3.05) is 0 Å². The molecule has 84 valence electrons. The molecule has 2 N–H and O–H groups in total. The van der Waals surface area contributed by atoms with Crippen molar-refractivity contribution < 1.29 is 14.9 Å². The Morgan fingerprint density at radius 1 is 1.29 bits per heavy atom. The van der Waals surface area contributed by atoms with Crippen LogP contribution in [-0.2, 0) is 4.74 Å². The largest absolute Gasteiger partial charge is 0.390 e. The summed E-state index contributed by atoms with van der Waals surface area (Å²) in [6.07, 6.45) is -0.148. The van der Waals surface area contributed by atoms with Crippen molar-refractivity contribution >= 4 is 0 Å². The van der Waals surface area contributed by atoms with Crippen molar-refractivity contribution in [1.29, 1.82) is 0 Å². The standard InChI is InChI=1S/C11H22O3/c1-5-7-6-8(12)9(13)10(14-7)11(2,3)4/h7-10,12-13H,5-6H2,1-4H3. The van der Waals surface area contributed by atoms with E-state index in [-0.39, 0.29) is 17.6 Å². The van der Waals surface area contributed by atoms with Crippen LogP contribution in [-0.4, -0.2) is 34.6 Å². The van der Waals surface area contributed by atoms with E-state index in [0.29, 0.717) is 6.42 Å². The fraction of sp³-hybridized carbons (Fsp3) is 1.00. The van der Waals surface area contributed by atoms with Crippen molar-refractivity contribution in [1.82, 2.24) is 0 Å². The van der Waals surface area contributed by atoms with Gasteiger partial charge < -0.3 is 14.9 Å². The Kier molecular flexibility index (Phi) is 3.56. The molecule has 1 fully saturated rings. The smallest absolute Gasteiger partial charge is 0.107 e. The van der Waals surface area contributed by atoms with Gasteiger partial charge in [0.15, 0.2) is 0 Å². The monoisotopic (exact) mass is 202 g/mol. The topological polar surface area (TPSA) is 49.7 Å². The van der Waals surface area contributed by atoms with Gasteiger partial charge in [0, 0.05) is 6.42 Å². The summed E-state index contributed by atoms with van der Waals surface area (Å²) in [5.74, 6) is 0. The zero-order valence-electron chi connectivity index (χ0n) is 9.53. The van der Waals surface area contributed by atoms with E-state index in [2.05, 4.69) is 0 Å². The molecular weight excluding hydrogens is 180 g/mol. The number of rotatable bonds is 1. The second-order valence-corrected chi connectivity index (χ2v) is 5.25. The highest BCUT2D eigenvalue weighted by molar-refractivity contribution is 4.91. The lowest BCUT2D eigenvalue weighted by molar-refractivity contribution is -0.199. The van der Waals surface area contributed by atoms with Gasteiger partial charge in [-0.2, -0.15) is 0 Å². The summed E-state index contributed by atoms with van der Waals surface area (Å²) >= 11 is 0. The molecule has 0 amide bonds. The van der Waals surface area contributed by atoms with Crippen LogP contribution in [0, 0.1) is 5.41 Å². The van der Waals surface area contributed by atoms with E-state index >= 15 is 0 Å². The fourth-order valence-electron chi connectivity index (χ4n) is 1.93. The lowest BCUT2D eigenvalue weighted by Gasteiger charge is -2.43. The molecule has 1 heterocycles. The van der Waals surface area contributed by atoms with Gasteiger partial charge in [-0.25, -0.2) is 0 Å². The summed E-state index contributed by atoms with van der Waals surface area (Å²) < 4.78 is 5.77. The summed E-state index contributed by atoms with van der Waals surface area (Å²) in [4.78, 5) is 0. The summed E-state index contributed by atoms with van der Waals surface area (Å²) in [6, 6.07) is 0. The van der Waals surface area contributed by atoms with Crippen LogP contribution in [0.4, 0.5) is 0 Å². The van der Waals surface area contributed by atoms with Crippen LogP contribution < -0.4 is 0 Å². The Morgan fingerprint density at radius 3 is 2.29 bits per heavy atom.